The number of carbonyl (C=O) groups is 1. The van der Waals surface area contributed by atoms with Crippen LogP contribution in [0.4, 0.5) is 4.79 Å². The van der Waals surface area contributed by atoms with Gasteiger partial charge in [0, 0.05) is 53.4 Å². The minimum absolute atomic E-state index is 0.135. The van der Waals surface area contributed by atoms with E-state index in [0.717, 1.165) is 27.0 Å². The summed E-state index contributed by atoms with van der Waals surface area (Å²) in [7, 11) is 0. The fraction of sp³-hybridized carbons (Fsp3) is 0.400. The number of carboxylic acid groups (broad SMARTS) is 1. The first-order valence-corrected chi connectivity index (χ1v) is 13.3. The molecule has 0 aliphatic carbocycles. The first kappa shape index (κ1) is 26.8. The zero-order chi connectivity index (χ0) is 25.7. The normalized spacial score (nSPS) is 15.2. The molecule has 8 nitrogen and oxygen atoms in total. The molecule has 1 fully saturated rings. The van der Waals surface area contributed by atoms with Crippen LogP contribution in [0.1, 0.15) is 36.8 Å². The van der Waals surface area contributed by atoms with E-state index < -0.39 is 12.3 Å². The molecule has 0 spiro atoms. The largest absolute Gasteiger partial charge is 0.530 e. The van der Waals surface area contributed by atoms with Gasteiger partial charge in [0.1, 0.15) is 16.9 Å². The van der Waals surface area contributed by atoms with Crippen LogP contribution in [0, 0.1) is 0 Å². The standard InChI is InChI=1S/C25H29Cl2N5O3S/c1-16(2)23-24(36-20-12-18(26)11-19(27)13-20)32(15-17-3-5-28-6-4-17)22(29-23)14-21(30-25(33)34)31-7-9-35-10-8-31/h3-6,11-13,16,21,30H,7-10,14-15H2,1-2H3,(H,33,34)/p-1. The molecule has 1 amide bonds. The third-order valence-electron chi connectivity index (χ3n) is 5.86. The number of nitrogens with one attached hydrogen (secondary N) is 1. The lowest BCUT2D eigenvalue weighted by Gasteiger charge is -2.35. The van der Waals surface area contributed by atoms with Gasteiger partial charge in [-0.15, -0.1) is 0 Å². The summed E-state index contributed by atoms with van der Waals surface area (Å²) >= 11 is 14.1. The van der Waals surface area contributed by atoms with Crippen molar-refractivity contribution in [2.24, 2.45) is 0 Å². The molecule has 36 heavy (non-hydrogen) atoms. The Morgan fingerprint density at radius 2 is 1.83 bits per heavy atom. The lowest BCUT2D eigenvalue weighted by Crippen LogP contribution is -2.56. The lowest BCUT2D eigenvalue weighted by molar-refractivity contribution is -0.253. The van der Waals surface area contributed by atoms with E-state index in [9.17, 15) is 9.90 Å². The summed E-state index contributed by atoms with van der Waals surface area (Å²) in [4.78, 5) is 23.7. The zero-order valence-electron chi connectivity index (χ0n) is 20.1. The van der Waals surface area contributed by atoms with Crippen LogP contribution < -0.4 is 10.4 Å². The molecule has 1 saturated heterocycles. The molecule has 1 atom stereocenters. The third-order valence-corrected chi connectivity index (χ3v) is 7.39. The Hall–Kier alpha value is -2.30. The number of benzene rings is 1. The summed E-state index contributed by atoms with van der Waals surface area (Å²) in [6.07, 6.45) is 2.08. The number of aromatic nitrogens is 3. The summed E-state index contributed by atoms with van der Waals surface area (Å²) in [5.74, 6) is 0.909. The second kappa shape index (κ2) is 12.3. The highest BCUT2D eigenvalue weighted by Crippen LogP contribution is 2.38. The highest BCUT2D eigenvalue weighted by Gasteiger charge is 2.27. The summed E-state index contributed by atoms with van der Waals surface area (Å²) in [5.41, 5.74) is 1.98. The number of pyridine rings is 1. The molecule has 0 bridgehead atoms. The average molecular weight is 550 g/mol. The molecule has 3 aromatic rings. The molecule has 1 aliphatic heterocycles. The number of rotatable bonds is 9. The van der Waals surface area contributed by atoms with Gasteiger partial charge in [0.2, 0.25) is 0 Å². The Labute approximate surface area is 225 Å². The number of nitrogens with zero attached hydrogens (tertiary/aromatic N) is 4. The Morgan fingerprint density at radius 3 is 2.44 bits per heavy atom. The Bertz CT molecular complexity index is 1170. The maximum Gasteiger partial charge on any atom is 0.135 e. The zero-order valence-corrected chi connectivity index (χ0v) is 22.4. The number of carbonyl (C=O) groups excluding carboxylic acids is 1. The molecule has 3 heterocycles. The quantitative estimate of drug-likeness (QED) is 0.431. The molecule has 4 rings (SSSR count). The van der Waals surface area contributed by atoms with Gasteiger partial charge in [0.15, 0.2) is 0 Å². The Morgan fingerprint density at radius 1 is 1.17 bits per heavy atom. The van der Waals surface area contributed by atoms with Crippen molar-refractivity contribution >= 4 is 41.1 Å². The molecule has 1 unspecified atom stereocenters. The molecule has 1 aromatic carbocycles. The predicted octanol–water partition coefficient (Wildman–Crippen LogP) is 4.04. The van der Waals surface area contributed by atoms with Crippen LogP contribution in [0.2, 0.25) is 10.0 Å². The summed E-state index contributed by atoms with van der Waals surface area (Å²) in [5, 5.41) is 16.2. The molecule has 2 aromatic heterocycles. The van der Waals surface area contributed by atoms with E-state index >= 15 is 0 Å². The van der Waals surface area contributed by atoms with Crippen LogP contribution in [-0.4, -0.2) is 58.0 Å². The smallest absolute Gasteiger partial charge is 0.135 e. The van der Waals surface area contributed by atoms with Gasteiger partial charge in [-0.1, -0.05) is 48.8 Å². The van der Waals surface area contributed by atoms with Crippen LogP contribution in [0.5, 0.6) is 0 Å². The minimum Gasteiger partial charge on any atom is -0.530 e. The molecule has 0 radical (unpaired) electrons. The van der Waals surface area contributed by atoms with Crippen LogP contribution in [0.25, 0.3) is 0 Å². The van der Waals surface area contributed by atoms with E-state index in [1.807, 2.05) is 24.3 Å². The first-order chi connectivity index (χ1) is 17.3. The van der Waals surface area contributed by atoms with Gasteiger partial charge in [0.25, 0.3) is 0 Å². The van der Waals surface area contributed by atoms with Crippen molar-refractivity contribution < 1.29 is 14.6 Å². The third kappa shape index (κ3) is 6.92. The highest BCUT2D eigenvalue weighted by atomic mass is 35.5. The SMILES string of the molecule is CC(C)c1nc(CC(NC(=O)[O-])N2CCOCC2)n(Cc2ccncc2)c1Sc1cc(Cl)cc(Cl)c1. The van der Waals surface area contributed by atoms with E-state index in [2.05, 4.69) is 33.6 Å². The lowest BCUT2D eigenvalue weighted by atomic mass is 10.1. The van der Waals surface area contributed by atoms with Gasteiger partial charge in [0.05, 0.1) is 25.1 Å². The van der Waals surface area contributed by atoms with Crippen molar-refractivity contribution in [3.05, 3.63) is 69.9 Å². The maximum atomic E-state index is 11.6. The van der Waals surface area contributed by atoms with Crippen LogP contribution in [-0.2, 0) is 17.7 Å². The molecule has 11 heteroatoms. The summed E-state index contributed by atoms with van der Waals surface area (Å²) in [6.45, 7) is 7.07. The van der Waals surface area contributed by atoms with E-state index in [0.29, 0.717) is 49.3 Å². The van der Waals surface area contributed by atoms with Crippen molar-refractivity contribution in [2.75, 3.05) is 26.3 Å². The van der Waals surface area contributed by atoms with Crippen molar-refractivity contribution in [1.82, 2.24) is 24.8 Å². The number of hydrogen-bond acceptors (Lipinski definition) is 7. The maximum absolute atomic E-state index is 11.6. The summed E-state index contributed by atoms with van der Waals surface area (Å²) in [6, 6.07) is 9.37. The Balaban J connectivity index is 1.77. The van der Waals surface area contributed by atoms with Crippen LogP contribution >= 0.6 is 35.0 Å². The van der Waals surface area contributed by atoms with Crippen molar-refractivity contribution in [2.45, 2.75) is 48.8 Å². The predicted molar refractivity (Wildman–Crippen MR) is 139 cm³/mol. The van der Waals surface area contributed by atoms with E-state index in [4.69, 9.17) is 32.9 Å². The van der Waals surface area contributed by atoms with Crippen molar-refractivity contribution in [3.63, 3.8) is 0 Å². The summed E-state index contributed by atoms with van der Waals surface area (Å²) < 4.78 is 7.61. The topological polar surface area (TPSA) is 95.3 Å². The number of amides is 1. The highest BCUT2D eigenvalue weighted by molar-refractivity contribution is 7.99. The number of ether oxygens (including phenoxy) is 1. The van der Waals surface area contributed by atoms with E-state index in [1.165, 1.54) is 0 Å². The fourth-order valence-corrected chi connectivity index (χ4v) is 6.06. The molecule has 192 valence electrons. The first-order valence-electron chi connectivity index (χ1n) is 11.7. The average Bonchev–Trinajstić information content (AvgIpc) is 3.16. The number of morpholine rings is 1. The molecular formula is C25H28Cl2N5O3S-. The van der Waals surface area contributed by atoms with Crippen LogP contribution in [0.3, 0.4) is 0 Å². The molecule has 1 N–H and O–H groups in total. The van der Waals surface area contributed by atoms with Crippen molar-refractivity contribution in [3.8, 4) is 0 Å². The fourth-order valence-electron chi connectivity index (χ4n) is 4.14. The monoisotopic (exact) mass is 548 g/mol. The number of hydrogen-bond donors (Lipinski definition) is 1. The van der Waals surface area contributed by atoms with Gasteiger partial charge in [-0.2, -0.15) is 0 Å². The van der Waals surface area contributed by atoms with Crippen LogP contribution in [0.15, 0.2) is 52.6 Å². The van der Waals surface area contributed by atoms with E-state index in [1.54, 1.807) is 30.2 Å². The van der Waals surface area contributed by atoms with Gasteiger partial charge >= 0.3 is 0 Å². The minimum atomic E-state index is -1.31. The number of imidazole rings is 1. The van der Waals surface area contributed by atoms with Gasteiger partial charge in [-0.05, 0) is 41.8 Å². The molecule has 1 aliphatic rings. The molecular weight excluding hydrogens is 521 g/mol. The van der Waals surface area contributed by atoms with Gasteiger partial charge in [-0.3, -0.25) is 9.88 Å². The second-order valence-electron chi connectivity index (χ2n) is 8.82. The molecule has 0 saturated carbocycles. The van der Waals surface area contributed by atoms with Gasteiger partial charge in [-0.25, -0.2) is 4.98 Å². The second-order valence-corrected chi connectivity index (χ2v) is 10.8. The van der Waals surface area contributed by atoms with E-state index in [-0.39, 0.29) is 5.92 Å². The van der Waals surface area contributed by atoms with Gasteiger partial charge < -0.3 is 24.5 Å². The van der Waals surface area contributed by atoms with Crippen molar-refractivity contribution in [1.29, 1.82) is 0 Å². The Kier molecular flexibility index (Phi) is 9.14. The number of halogens is 2.